The monoisotopic (exact) mass is 563 g/mol. The highest BCUT2D eigenvalue weighted by molar-refractivity contribution is 5.97. The minimum atomic E-state index is -0.101. The first kappa shape index (κ1) is 30.8. The van der Waals surface area contributed by atoms with Gasteiger partial charge in [0.15, 0.2) is 0 Å². The van der Waals surface area contributed by atoms with Gasteiger partial charge >= 0.3 is 0 Å². The quantitative estimate of drug-likeness (QED) is 0.166. The van der Waals surface area contributed by atoms with Crippen LogP contribution < -0.4 is 0 Å². The van der Waals surface area contributed by atoms with E-state index in [0.29, 0.717) is 24.6 Å². The van der Waals surface area contributed by atoms with E-state index in [2.05, 4.69) is 87.8 Å². The second-order valence-electron chi connectivity index (χ2n) is 11.7. The number of hydrogen-bond acceptors (Lipinski definition) is 2. The van der Waals surface area contributed by atoms with Crippen LogP contribution in [0, 0.1) is 12.8 Å². The largest absolute Gasteiger partial charge is 0.345 e. The molecule has 1 atom stereocenters. The summed E-state index contributed by atoms with van der Waals surface area (Å²) in [7, 11) is 0. The SMILES string of the molecule is CCC(C)N(Cc1cccn1Cc1ccccc1C)C(=O)CN(CCC(C)C)C(=O)c1ccc(-c2ccccc2)cc1. The number of rotatable bonds is 13. The van der Waals surface area contributed by atoms with Gasteiger partial charge < -0.3 is 14.4 Å². The molecule has 5 heteroatoms. The van der Waals surface area contributed by atoms with Gasteiger partial charge in [0, 0.05) is 36.6 Å². The summed E-state index contributed by atoms with van der Waals surface area (Å²) >= 11 is 0. The molecule has 2 amide bonds. The van der Waals surface area contributed by atoms with Crippen LogP contribution in [0.4, 0.5) is 0 Å². The Kier molecular flexibility index (Phi) is 10.8. The van der Waals surface area contributed by atoms with Gasteiger partial charge in [0.1, 0.15) is 6.54 Å². The molecular weight excluding hydrogens is 518 g/mol. The van der Waals surface area contributed by atoms with Crippen LogP contribution in [0.25, 0.3) is 11.1 Å². The van der Waals surface area contributed by atoms with Crippen molar-refractivity contribution in [2.24, 2.45) is 5.92 Å². The Morgan fingerprint density at radius 1 is 0.810 bits per heavy atom. The average molecular weight is 564 g/mol. The van der Waals surface area contributed by atoms with Crippen molar-refractivity contribution in [3.8, 4) is 11.1 Å². The third-order valence-corrected chi connectivity index (χ3v) is 8.13. The summed E-state index contributed by atoms with van der Waals surface area (Å²) in [6, 6.07) is 30.5. The lowest BCUT2D eigenvalue weighted by Crippen LogP contribution is -2.46. The molecule has 1 heterocycles. The fourth-order valence-corrected chi connectivity index (χ4v) is 5.14. The molecule has 1 aromatic heterocycles. The van der Waals surface area contributed by atoms with Gasteiger partial charge in [0.2, 0.25) is 5.91 Å². The number of carbonyl (C=O) groups is 2. The van der Waals surface area contributed by atoms with Crippen molar-refractivity contribution in [1.82, 2.24) is 14.4 Å². The maximum atomic E-state index is 13.9. The van der Waals surface area contributed by atoms with E-state index in [1.807, 2.05) is 53.4 Å². The lowest BCUT2D eigenvalue weighted by atomic mass is 10.0. The number of aryl methyl sites for hydroxylation is 1. The Balaban J connectivity index is 1.52. The zero-order chi connectivity index (χ0) is 30.1. The first-order chi connectivity index (χ1) is 20.3. The van der Waals surface area contributed by atoms with Crippen molar-refractivity contribution in [2.45, 2.75) is 66.6 Å². The number of amides is 2. The molecule has 0 aliphatic heterocycles. The molecule has 220 valence electrons. The van der Waals surface area contributed by atoms with Crippen molar-refractivity contribution in [2.75, 3.05) is 13.1 Å². The van der Waals surface area contributed by atoms with Crippen LogP contribution in [-0.4, -0.2) is 45.3 Å². The van der Waals surface area contributed by atoms with Crippen molar-refractivity contribution >= 4 is 11.8 Å². The van der Waals surface area contributed by atoms with E-state index in [0.717, 1.165) is 36.2 Å². The Morgan fingerprint density at radius 2 is 1.48 bits per heavy atom. The number of carbonyl (C=O) groups excluding carboxylic acids is 2. The molecule has 0 saturated carbocycles. The van der Waals surface area contributed by atoms with Gasteiger partial charge in [-0.2, -0.15) is 0 Å². The Morgan fingerprint density at radius 3 is 2.14 bits per heavy atom. The first-order valence-corrected chi connectivity index (χ1v) is 15.2. The molecule has 0 fully saturated rings. The van der Waals surface area contributed by atoms with E-state index in [-0.39, 0.29) is 24.4 Å². The van der Waals surface area contributed by atoms with Crippen molar-refractivity contribution in [3.63, 3.8) is 0 Å². The van der Waals surface area contributed by atoms with Gasteiger partial charge in [-0.05, 0) is 79.1 Å². The highest BCUT2D eigenvalue weighted by atomic mass is 16.2. The summed E-state index contributed by atoms with van der Waals surface area (Å²) in [5.74, 6) is 0.299. The third kappa shape index (κ3) is 8.00. The maximum absolute atomic E-state index is 13.9. The third-order valence-electron chi connectivity index (χ3n) is 8.13. The molecule has 0 aliphatic rings. The summed E-state index contributed by atoms with van der Waals surface area (Å²) in [5, 5.41) is 0. The molecule has 0 N–H and O–H groups in total. The van der Waals surface area contributed by atoms with Crippen molar-refractivity contribution < 1.29 is 9.59 Å². The number of nitrogens with zero attached hydrogens (tertiary/aromatic N) is 3. The second kappa shape index (κ2) is 14.7. The van der Waals surface area contributed by atoms with Crippen LogP contribution in [0.2, 0.25) is 0 Å². The lowest BCUT2D eigenvalue weighted by Gasteiger charge is -2.32. The zero-order valence-electron chi connectivity index (χ0n) is 25.8. The Hall–Kier alpha value is -4.12. The molecule has 3 aromatic carbocycles. The summed E-state index contributed by atoms with van der Waals surface area (Å²) in [6.45, 7) is 12.5. The van der Waals surface area contributed by atoms with Gasteiger partial charge in [-0.1, -0.05) is 87.5 Å². The van der Waals surface area contributed by atoms with E-state index < -0.39 is 0 Å². The maximum Gasteiger partial charge on any atom is 0.254 e. The number of aromatic nitrogens is 1. The molecule has 0 saturated heterocycles. The minimum Gasteiger partial charge on any atom is -0.345 e. The van der Waals surface area contributed by atoms with Gasteiger partial charge in [-0.15, -0.1) is 0 Å². The zero-order valence-corrected chi connectivity index (χ0v) is 25.8. The molecule has 0 aliphatic carbocycles. The normalized spacial score (nSPS) is 11.9. The topological polar surface area (TPSA) is 45.6 Å². The predicted molar refractivity (Wildman–Crippen MR) is 172 cm³/mol. The van der Waals surface area contributed by atoms with Crippen LogP contribution >= 0.6 is 0 Å². The van der Waals surface area contributed by atoms with E-state index in [1.165, 1.54) is 11.1 Å². The first-order valence-electron chi connectivity index (χ1n) is 15.2. The smallest absolute Gasteiger partial charge is 0.254 e. The van der Waals surface area contributed by atoms with Crippen LogP contribution in [0.3, 0.4) is 0 Å². The van der Waals surface area contributed by atoms with E-state index in [1.54, 1.807) is 4.90 Å². The second-order valence-corrected chi connectivity index (χ2v) is 11.7. The van der Waals surface area contributed by atoms with Gasteiger partial charge in [-0.25, -0.2) is 0 Å². The van der Waals surface area contributed by atoms with E-state index in [4.69, 9.17) is 0 Å². The molecule has 4 aromatic rings. The molecule has 0 radical (unpaired) electrons. The summed E-state index contributed by atoms with van der Waals surface area (Å²) in [6.07, 6.45) is 3.76. The minimum absolute atomic E-state index is 0.0222. The lowest BCUT2D eigenvalue weighted by molar-refractivity contribution is -0.134. The summed E-state index contributed by atoms with van der Waals surface area (Å²) < 4.78 is 2.22. The molecule has 1 unspecified atom stereocenters. The highest BCUT2D eigenvalue weighted by Crippen LogP contribution is 2.21. The fourth-order valence-electron chi connectivity index (χ4n) is 5.14. The number of hydrogen-bond donors (Lipinski definition) is 0. The van der Waals surface area contributed by atoms with Gasteiger partial charge in [0.05, 0.1) is 6.54 Å². The average Bonchev–Trinajstić information content (AvgIpc) is 3.45. The standard InChI is InChI=1S/C37H45N3O2/c1-6-30(5)40(26-35-17-12-23-38(35)25-34-16-11-10-13-29(34)4)36(41)27-39(24-22-28(2)3)37(42)33-20-18-32(19-21-33)31-14-8-7-9-15-31/h7-21,23,28,30H,6,22,24-27H2,1-5H3. The van der Waals surface area contributed by atoms with Crippen molar-refractivity contribution in [1.29, 1.82) is 0 Å². The van der Waals surface area contributed by atoms with Crippen LogP contribution in [0.1, 0.15) is 67.7 Å². The predicted octanol–water partition coefficient (Wildman–Crippen LogP) is 7.83. The summed E-state index contributed by atoms with van der Waals surface area (Å²) in [4.78, 5) is 31.4. The summed E-state index contributed by atoms with van der Waals surface area (Å²) in [5.41, 5.74) is 6.38. The molecule has 42 heavy (non-hydrogen) atoms. The molecule has 0 spiro atoms. The molecular formula is C37H45N3O2. The molecule has 4 rings (SSSR count). The van der Waals surface area contributed by atoms with E-state index in [9.17, 15) is 9.59 Å². The van der Waals surface area contributed by atoms with E-state index >= 15 is 0 Å². The van der Waals surface area contributed by atoms with Crippen molar-refractivity contribution in [3.05, 3.63) is 120 Å². The highest BCUT2D eigenvalue weighted by Gasteiger charge is 2.26. The van der Waals surface area contributed by atoms with Crippen LogP contribution in [-0.2, 0) is 17.9 Å². The van der Waals surface area contributed by atoms with Crippen LogP contribution in [0.15, 0.2) is 97.2 Å². The van der Waals surface area contributed by atoms with Gasteiger partial charge in [-0.3, -0.25) is 9.59 Å². The molecule has 0 bridgehead atoms. The molecule has 5 nitrogen and oxygen atoms in total. The fraction of sp³-hybridized carbons (Fsp3) is 0.351. The van der Waals surface area contributed by atoms with Crippen LogP contribution in [0.5, 0.6) is 0 Å². The van der Waals surface area contributed by atoms with Gasteiger partial charge in [0.25, 0.3) is 5.91 Å². The number of benzene rings is 3. The Labute approximate surface area is 251 Å². The Bertz CT molecular complexity index is 1440.